The Hall–Kier alpha value is -3.16. The molecule has 0 spiro atoms. The molecule has 3 heterocycles. The maximum Gasteiger partial charge on any atom is 2.00 e. The number of hydrogen-bond acceptors (Lipinski definition) is 6. The van der Waals surface area contributed by atoms with E-state index in [1.54, 1.807) is 12.4 Å². The molecule has 0 aliphatic rings. The second-order valence-corrected chi connectivity index (χ2v) is 4.15. The summed E-state index contributed by atoms with van der Waals surface area (Å²) in [5.74, 6) is 0. The number of rotatable bonds is 2. The fourth-order valence-electron chi connectivity index (χ4n) is 1.75. The van der Waals surface area contributed by atoms with Gasteiger partial charge in [-0.3, -0.25) is 14.9 Å². The minimum Gasteiger partial charge on any atom is -0.457 e. The molecule has 3 aromatic heterocycles. The molecular weight excluding hydrogens is 455 g/mol. The maximum absolute atomic E-state index is 8.25. The van der Waals surface area contributed by atoms with E-state index in [0.29, 0.717) is 0 Å². The van der Waals surface area contributed by atoms with Gasteiger partial charge < -0.3 is 31.9 Å². The van der Waals surface area contributed by atoms with Gasteiger partial charge in [0.1, 0.15) is 0 Å². The normalized spacial score (nSPS) is 8.00. The van der Waals surface area contributed by atoms with Crippen molar-refractivity contribution in [2.24, 2.45) is 0 Å². The smallest absolute Gasteiger partial charge is 0.457 e. The SMILES string of the molecule is O=[N+]([O-])[O-].[Cd+2].[N-]=[N+]=[N-].[OH3+].c1ccc(-c2cccc(-c3ccccn3)n2)nc1. The summed E-state index contributed by atoms with van der Waals surface area (Å²) in [6.07, 6.45) is 3.54. The van der Waals surface area contributed by atoms with E-state index >= 15 is 0 Å². The zero-order valence-corrected chi connectivity index (χ0v) is 18.0. The largest absolute Gasteiger partial charge is 2.00 e. The molecule has 0 saturated carbocycles. The molecular formula is C15H14CdN7O4+. The number of pyridine rings is 3. The Balaban J connectivity index is 0. The first kappa shape index (κ1) is 26.1. The third-order valence-corrected chi connectivity index (χ3v) is 2.60. The van der Waals surface area contributed by atoms with Crippen molar-refractivity contribution in [3.05, 3.63) is 98.3 Å². The topological polar surface area (TPSA) is 197 Å². The van der Waals surface area contributed by atoms with E-state index < -0.39 is 5.09 Å². The Kier molecular flexibility index (Phi) is 14.6. The molecule has 0 amide bonds. The van der Waals surface area contributed by atoms with Gasteiger partial charge in [-0.15, -0.1) is 0 Å². The molecule has 134 valence electrons. The van der Waals surface area contributed by atoms with Crippen LogP contribution in [-0.2, 0) is 32.8 Å². The van der Waals surface area contributed by atoms with Gasteiger partial charge in [0.05, 0.1) is 27.9 Å². The van der Waals surface area contributed by atoms with Crippen LogP contribution in [0.25, 0.3) is 38.7 Å². The van der Waals surface area contributed by atoms with Gasteiger partial charge in [0.15, 0.2) is 0 Å². The molecule has 11 nitrogen and oxygen atoms in total. The standard InChI is InChI=1S/C15H11N3.Cd.N3.NO3.H2O/c1-3-10-16-12(6-1)14-8-5-9-15(18-14)13-7-2-4-11-17-13;;1-3-2;2-1(3)4;/h1-11H;;;;1H2/q;+2;2*-1;/p+1. The molecule has 0 saturated heterocycles. The van der Waals surface area contributed by atoms with Crippen LogP contribution in [0.1, 0.15) is 0 Å². The summed E-state index contributed by atoms with van der Waals surface area (Å²) >= 11 is 0. The van der Waals surface area contributed by atoms with Crippen LogP contribution >= 0.6 is 0 Å². The second-order valence-electron chi connectivity index (χ2n) is 4.15. The summed E-state index contributed by atoms with van der Waals surface area (Å²) < 4.78 is 0. The molecule has 0 aliphatic heterocycles. The molecule has 0 fully saturated rings. The Morgan fingerprint density at radius 1 is 0.778 bits per heavy atom. The fraction of sp³-hybridized carbons (Fsp3) is 0. The molecule has 3 rings (SSSR count). The van der Waals surface area contributed by atoms with Gasteiger partial charge >= 0.3 is 27.3 Å². The van der Waals surface area contributed by atoms with E-state index in [1.165, 1.54) is 4.91 Å². The van der Waals surface area contributed by atoms with Crippen LogP contribution in [0.3, 0.4) is 0 Å². The van der Waals surface area contributed by atoms with E-state index in [-0.39, 0.29) is 32.8 Å². The average molecular weight is 469 g/mol. The van der Waals surface area contributed by atoms with Crippen molar-refractivity contribution in [1.82, 2.24) is 15.0 Å². The van der Waals surface area contributed by atoms with E-state index in [1.807, 2.05) is 54.6 Å². The molecule has 0 atom stereocenters. The van der Waals surface area contributed by atoms with Crippen LogP contribution in [0.2, 0.25) is 0 Å². The molecule has 0 aliphatic carbocycles. The minimum absolute atomic E-state index is 0. The van der Waals surface area contributed by atoms with Crippen molar-refractivity contribution in [1.29, 1.82) is 0 Å². The zero-order chi connectivity index (χ0) is 18.5. The number of hydrogen-bond donors (Lipinski definition) is 0. The van der Waals surface area contributed by atoms with E-state index in [9.17, 15) is 0 Å². The van der Waals surface area contributed by atoms with Crippen LogP contribution in [-0.4, -0.2) is 20.0 Å². The summed E-state index contributed by atoms with van der Waals surface area (Å²) in [7, 11) is 0. The van der Waals surface area contributed by atoms with Crippen LogP contribution in [0.15, 0.2) is 67.0 Å². The Morgan fingerprint density at radius 2 is 1.11 bits per heavy atom. The quantitative estimate of drug-likeness (QED) is 0.105. The molecule has 0 bridgehead atoms. The summed E-state index contributed by atoms with van der Waals surface area (Å²) in [6.45, 7) is 0. The number of nitrogens with zero attached hydrogens (tertiary/aromatic N) is 7. The van der Waals surface area contributed by atoms with Gasteiger partial charge in [0, 0.05) is 12.4 Å². The summed E-state index contributed by atoms with van der Waals surface area (Å²) in [4.78, 5) is 22.9. The zero-order valence-electron chi connectivity index (χ0n) is 14.0. The first-order valence-corrected chi connectivity index (χ1v) is 6.68. The number of aromatic nitrogens is 3. The summed E-state index contributed by atoms with van der Waals surface area (Å²) in [5.41, 5.74) is 17.0. The van der Waals surface area contributed by atoms with E-state index in [2.05, 4.69) is 15.0 Å². The first-order valence-electron chi connectivity index (χ1n) is 6.68. The van der Waals surface area contributed by atoms with Crippen LogP contribution in [0, 0.1) is 15.3 Å². The summed E-state index contributed by atoms with van der Waals surface area (Å²) in [5, 5.41) is 14.8. The van der Waals surface area contributed by atoms with Crippen molar-refractivity contribution in [3.63, 3.8) is 0 Å². The second kappa shape index (κ2) is 15.1. The predicted octanol–water partition coefficient (Wildman–Crippen LogP) is 2.91. The maximum atomic E-state index is 8.25. The van der Waals surface area contributed by atoms with Crippen LogP contribution in [0.4, 0.5) is 0 Å². The van der Waals surface area contributed by atoms with Crippen LogP contribution < -0.4 is 0 Å². The molecule has 27 heavy (non-hydrogen) atoms. The van der Waals surface area contributed by atoms with Crippen molar-refractivity contribution < 1.29 is 37.9 Å². The average Bonchev–Trinajstić information content (AvgIpc) is 2.64. The fourth-order valence-corrected chi connectivity index (χ4v) is 1.75. The van der Waals surface area contributed by atoms with Crippen molar-refractivity contribution in [3.8, 4) is 22.8 Å². The molecule has 0 aromatic carbocycles. The third kappa shape index (κ3) is 10.4. The van der Waals surface area contributed by atoms with Gasteiger partial charge in [-0.1, -0.05) is 18.2 Å². The van der Waals surface area contributed by atoms with Crippen molar-refractivity contribution >= 4 is 0 Å². The Morgan fingerprint density at radius 3 is 1.41 bits per heavy atom. The van der Waals surface area contributed by atoms with E-state index in [0.717, 1.165) is 22.8 Å². The molecule has 0 radical (unpaired) electrons. The third-order valence-electron chi connectivity index (χ3n) is 2.60. The minimum atomic E-state index is -1.75. The Bertz CT molecular complexity index is 773. The molecule has 3 N–H and O–H groups in total. The van der Waals surface area contributed by atoms with E-state index in [4.69, 9.17) is 26.4 Å². The van der Waals surface area contributed by atoms with Crippen LogP contribution in [0.5, 0.6) is 0 Å². The van der Waals surface area contributed by atoms with Gasteiger partial charge in [-0.25, -0.2) is 4.98 Å². The van der Waals surface area contributed by atoms with Crippen molar-refractivity contribution in [2.45, 2.75) is 0 Å². The Labute approximate surface area is 173 Å². The van der Waals surface area contributed by atoms with Crippen molar-refractivity contribution in [2.75, 3.05) is 0 Å². The van der Waals surface area contributed by atoms with Gasteiger partial charge in [0.2, 0.25) is 0 Å². The first-order chi connectivity index (χ1) is 12.1. The predicted molar refractivity (Wildman–Crippen MR) is 96.0 cm³/mol. The van der Waals surface area contributed by atoms with Gasteiger partial charge in [-0.2, -0.15) is 0 Å². The summed E-state index contributed by atoms with van der Waals surface area (Å²) in [6, 6.07) is 17.5. The molecule has 12 heteroatoms. The van der Waals surface area contributed by atoms with Gasteiger partial charge in [0.25, 0.3) is 0 Å². The molecule has 0 unspecified atom stereocenters. The monoisotopic (exact) mass is 470 g/mol. The van der Waals surface area contributed by atoms with Gasteiger partial charge in [-0.05, 0) is 36.4 Å². The molecule has 3 aromatic rings.